The minimum atomic E-state index is 0.439. The predicted molar refractivity (Wildman–Crippen MR) is 62.4 cm³/mol. The van der Waals surface area contributed by atoms with Gasteiger partial charge in [0.05, 0.1) is 6.20 Å². The lowest BCUT2D eigenvalue weighted by atomic mass is 10.1. The topological polar surface area (TPSA) is 49.8 Å². The molecule has 1 heterocycles. The van der Waals surface area contributed by atoms with Crippen molar-refractivity contribution in [2.75, 3.05) is 24.2 Å². The number of aromatic nitrogens is 2. The molecule has 0 aliphatic heterocycles. The molecule has 5 heteroatoms. The largest absolute Gasteiger partial charge is 0.368 e. The van der Waals surface area contributed by atoms with Gasteiger partial charge in [0.1, 0.15) is 5.02 Å². The summed E-state index contributed by atoms with van der Waals surface area (Å²) < 4.78 is 0. The maximum Gasteiger partial charge on any atom is 0.224 e. The molecule has 0 aromatic carbocycles. The normalized spacial score (nSPS) is 17.3. The fourth-order valence-electron chi connectivity index (χ4n) is 1.30. The van der Waals surface area contributed by atoms with Crippen LogP contribution < -0.4 is 10.6 Å². The molecule has 1 aliphatic rings. The number of nitrogens with one attached hydrogen (secondary N) is 2. The van der Waals surface area contributed by atoms with Crippen molar-refractivity contribution in [3.63, 3.8) is 0 Å². The van der Waals surface area contributed by atoms with E-state index in [2.05, 4.69) is 27.5 Å². The van der Waals surface area contributed by atoms with Gasteiger partial charge >= 0.3 is 0 Å². The van der Waals surface area contributed by atoms with Crippen LogP contribution in [0.1, 0.15) is 19.8 Å². The fourth-order valence-corrected chi connectivity index (χ4v) is 1.46. The Hall–Kier alpha value is -1.03. The number of nitrogens with zero attached hydrogens (tertiary/aromatic N) is 2. The monoisotopic (exact) mass is 226 g/mol. The summed E-state index contributed by atoms with van der Waals surface area (Å²) >= 11 is 5.99. The Morgan fingerprint density at radius 1 is 1.53 bits per heavy atom. The molecule has 82 valence electrons. The standard InChI is InChI=1S/C10H15ClN4/c1-10(3-4-10)6-14-8-7(11)5-13-9(12-2)15-8/h5H,3-4,6H2,1-2H3,(H2,12,13,14,15). The van der Waals surface area contributed by atoms with Crippen LogP contribution in [0.5, 0.6) is 0 Å². The number of halogens is 1. The van der Waals surface area contributed by atoms with Gasteiger partial charge in [-0.15, -0.1) is 0 Å². The van der Waals surface area contributed by atoms with Gasteiger partial charge in [-0.1, -0.05) is 18.5 Å². The maximum atomic E-state index is 5.99. The first-order valence-electron chi connectivity index (χ1n) is 5.07. The molecule has 0 unspecified atom stereocenters. The van der Waals surface area contributed by atoms with Crippen LogP contribution in [0.25, 0.3) is 0 Å². The molecule has 0 bridgehead atoms. The molecule has 0 amide bonds. The molecule has 15 heavy (non-hydrogen) atoms. The fraction of sp³-hybridized carbons (Fsp3) is 0.600. The molecule has 2 rings (SSSR count). The Bertz CT molecular complexity index is 362. The highest BCUT2D eigenvalue weighted by molar-refractivity contribution is 6.32. The summed E-state index contributed by atoms with van der Waals surface area (Å²) in [5.74, 6) is 1.30. The first-order chi connectivity index (χ1) is 7.13. The van der Waals surface area contributed by atoms with Crippen LogP contribution in [0, 0.1) is 5.41 Å². The smallest absolute Gasteiger partial charge is 0.224 e. The lowest BCUT2D eigenvalue weighted by Crippen LogP contribution is -2.13. The third-order valence-electron chi connectivity index (χ3n) is 2.75. The highest BCUT2D eigenvalue weighted by atomic mass is 35.5. The zero-order valence-corrected chi connectivity index (χ0v) is 9.73. The lowest BCUT2D eigenvalue weighted by Gasteiger charge is -2.12. The number of hydrogen-bond acceptors (Lipinski definition) is 4. The van der Waals surface area contributed by atoms with Crippen LogP contribution in [0.4, 0.5) is 11.8 Å². The highest BCUT2D eigenvalue weighted by Crippen LogP contribution is 2.44. The van der Waals surface area contributed by atoms with Crippen LogP contribution in [0.15, 0.2) is 6.20 Å². The molecule has 1 aromatic rings. The second-order valence-corrected chi connectivity index (χ2v) is 4.71. The van der Waals surface area contributed by atoms with Gasteiger partial charge in [-0.05, 0) is 18.3 Å². The first kappa shape index (κ1) is 10.5. The van der Waals surface area contributed by atoms with Gasteiger partial charge in [-0.25, -0.2) is 4.98 Å². The molecular weight excluding hydrogens is 212 g/mol. The molecule has 4 nitrogen and oxygen atoms in total. The number of hydrogen-bond donors (Lipinski definition) is 2. The summed E-state index contributed by atoms with van der Waals surface area (Å²) in [7, 11) is 1.79. The Labute approximate surface area is 94.5 Å². The van der Waals surface area contributed by atoms with Crippen LogP contribution in [0.2, 0.25) is 5.02 Å². The third kappa shape index (κ3) is 2.50. The summed E-state index contributed by atoms with van der Waals surface area (Å²) in [5.41, 5.74) is 0.439. The predicted octanol–water partition coefficient (Wildman–Crippen LogP) is 2.38. The van der Waals surface area contributed by atoms with E-state index in [9.17, 15) is 0 Å². The van der Waals surface area contributed by atoms with E-state index in [1.54, 1.807) is 13.2 Å². The van der Waals surface area contributed by atoms with E-state index in [1.165, 1.54) is 12.8 Å². The molecular formula is C10H15ClN4. The molecule has 0 atom stereocenters. The minimum Gasteiger partial charge on any atom is -0.368 e. The van der Waals surface area contributed by atoms with Gasteiger partial charge in [-0.2, -0.15) is 4.98 Å². The van der Waals surface area contributed by atoms with Crippen LogP contribution in [-0.4, -0.2) is 23.6 Å². The quantitative estimate of drug-likeness (QED) is 0.828. The summed E-state index contributed by atoms with van der Waals surface area (Å²) in [6.45, 7) is 3.18. The molecule has 1 aliphatic carbocycles. The molecule has 1 fully saturated rings. The Morgan fingerprint density at radius 2 is 2.27 bits per heavy atom. The first-order valence-corrected chi connectivity index (χ1v) is 5.45. The van der Waals surface area contributed by atoms with Crippen molar-refractivity contribution in [3.8, 4) is 0 Å². The van der Waals surface area contributed by atoms with Gasteiger partial charge in [-0.3, -0.25) is 0 Å². The van der Waals surface area contributed by atoms with Crippen molar-refractivity contribution in [2.24, 2.45) is 5.41 Å². The van der Waals surface area contributed by atoms with Gasteiger partial charge in [0.15, 0.2) is 5.82 Å². The summed E-state index contributed by atoms with van der Waals surface area (Å²) in [4.78, 5) is 8.28. The van der Waals surface area contributed by atoms with E-state index in [4.69, 9.17) is 11.6 Å². The third-order valence-corrected chi connectivity index (χ3v) is 3.03. The van der Waals surface area contributed by atoms with Gasteiger partial charge in [0.25, 0.3) is 0 Å². The molecule has 0 radical (unpaired) electrons. The van der Waals surface area contributed by atoms with Crippen LogP contribution in [-0.2, 0) is 0 Å². The average Bonchev–Trinajstić information content (AvgIpc) is 2.96. The van der Waals surface area contributed by atoms with Crippen molar-refractivity contribution in [1.29, 1.82) is 0 Å². The molecule has 1 aromatic heterocycles. The molecule has 0 saturated heterocycles. The Kier molecular flexibility index (Phi) is 2.69. The van der Waals surface area contributed by atoms with Crippen molar-refractivity contribution in [2.45, 2.75) is 19.8 Å². The SMILES string of the molecule is CNc1ncc(Cl)c(NCC2(C)CC2)n1. The lowest BCUT2D eigenvalue weighted by molar-refractivity contribution is 0.609. The Morgan fingerprint density at radius 3 is 2.87 bits per heavy atom. The highest BCUT2D eigenvalue weighted by Gasteiger charge is 2.36. The van der Waals surface area contributed by atoms with Gasteiger partial charge in [0.2, 0.25) is 5.95 Å². The van der Waals surface area contributed by atoms with E-state index < -0.39 is 0 Å². The number of rotatable bonds is 4. The van der Waals surface area contributed by atoms with E-state index in [0.29, 0.717) is 22.2 Å². The maximum absolute atomic E-state index is 5.99. The second kappa shape index (κ2) is 3.85. The van der Waals surface area contributed by atoms with Crippen molar-refractivity contribution in [1.82, 2.24) is 9.97 Å². The van der Waals surface area contributed by atoms with Crippen molar-refractivity contribution < 1.29 is 0 Å². The molecule has 2 N–H and O–H groups in total. The summed E-state index contributed by atoms with van der Waals surface area (Å²) in [6, 6.07) is 0. The van der Waals surface area contributed by atoms with Crippen LogP contribution >= 0.6 is 11.6 Å². The van der Waals surface area contributed by atoms with Crippen LogP contribution in [0.3, 0.4) is 0 Å². The Balaban J connectivity index is 2.05. The summed E-state index contributed by atoms with van der Waals surface area (Å²) in [6.07, 6.45) is 4.17. The van der Waals surface area contributed by atoms with E-state index in [-0.39, 0.29) is 0 Å². The second-order valence-electron chi connectivity index (χ2n) is 4.30. The zero-order chi connectivity index (χ0) is 10.9. The minimum absolute atomic E-state index is 0.439. The van der Waals surface area contributed by atoms with E-state index in [1.807, 2.05) is 0 Å². The average molecular weight is 227 g/mol. The molecule has 1 saturated carbocycles. The van der Waals surface area contributed by atoms with Crippen molar-refractivity contribution >= 4 is 23.4 Å². The van der Waals surface area contributed by atoms with Gasteiger partial charge < -0.3 is 10.6 Å². The van der Waals surface area contributed by atoms with E-state index >= 15 is 0 Å². The van der Waals surface area contributed by atoms with Crippen molar-refractivity contribution in [3.05, 3.63) is 11.2 Å². The molecule has 0 spiro atoms. The van der Waals surface area contributed by atoms with E-state index in [0.717, 1.165) is 6.54 Å². The zero-order valence-electron chi connectivity index (χ0n) is 8.97. The summed E-state index contributed by atoms with van der Waals surface area (Å²) in [5, 5.41) is 6.72. The number of anilines is 2. The van der Waals surface area contributed by atoms with Gasteiger partial charge in [0, 0.05) is 13.6 Å².